The van der Waals surface area contributed by atoms with Gasteiger partial charge in [0.2, 0.25) is 5.91 Å². The van der Waals surface area contributed by atoms with Crippen molar-refractivity contribution in [2.24, 2.45) is 0 Å². The van der Waals surface area contributed by atoms with Crippen molar-refractivity contribution in [3.63, 3.8) is 0 Å². The molecular formula is C20H17ClN4O3S. The maximum atomic E-state index is 13.1. The van der Waals surface area contributed by atoms with E-state index >= 15 is 0 Å². The zero-order chi connectivity index (χ0) is 20.5. The van der Waals surface area contributed by atoms with Crippen LogP contribution in [0.15, 0.2) is 47.7 Å². The molecule has 0 aliphatic rings. The number of nitrogens with one attached hydrogen (secondary N) is 1. The number of ether oxygens (including phenoxy) is 1. The molecule has 1 atom stereocenters. The molecule has 0 aliphatic heterocycles. The molecule has 3 heterocycles. The van der Waals surface area contributed by atoms with Gasteiger partial charge in [-0.1, -0.05) is 18.5 Å². The van der Waals surface area contributed by atoms with Crippen LogP contribution in [-0.4, -0.2) is 27.6 Å². The highest BCUT2D eigenvalue weighted by Gasteiger charge is 2.23. The van der Waals surface area contributed by atoms with E-state index in [2.05, 4.69) is 15.3 Å². The highest BCUT2D eigenvalue weighted by atomic mass is 35.5. The van der Waals surface area contributed by atoms with Crippen molar-refractivity contribution in [2.75, 3.05) is 12.4 Å². The molecular weight excluding hydrogens is 412 g/mol. The fraction of sp³-hybridized carbons (Fsp3) is 0.200. The van der Waals surface area contributed by atoms with Crippen LogP contribution in [0.2, 0.25) is 5.02 Å². The Hall–Kier alpha value is -2.97. The first-order valence-corrected chi connectivity index (χ1v) is 10.1. The van der Waals surface area contributed by atoms with E-state index < -0.39 is 6.04 Å². The third-order valence-electron chi connectivity index (χ3n) is 4.62. The molecule has 1 amide bonds. The van der Waals surface area contributed by atoms with Crippen LogP contribution in [0, 0.1) is 0 Å². The second-order valence-electron chi connectivity index (χ2n) is 6.35. The molecule has 0 saturated heterocycles. The number of benzene rings is 1. The van der Waals surface area contributed by atoms with Gasteiger partial charge in [-0.15, -0.1) is 11.3 Å². The third-order valence-corrected chi connectivity index (χ3v) is 5.95. The van der Waals surface area contributed by atoms with Gasteiger partial charge in [-0.3, -0.25) is 14.2 Å². The predicted octanol–water partition coefficient (Wildman–Crippen LogP) is 4.26. The number of pyridine rings is 1. The highest BCUT2D eigenvalue weighted by molar-refractivity contribution is 7.25. The van der Waals surface area contributed by atoms with E-state index in [1.54, 1.807) is 24.4 Å². The average Bonchev–Trinajstić information content (AvgIpc) is 3.10. The first-order chi connectivity index (χ1) is 14.0. The van der Waals surface area contributed by atoms with E-state index in [1.807, 2.05) is 19.1 Å². The molecule has 4 rings (SSSR count). The molecule has 1 N–H and O–H groups in total. The van der Waals surface area contributed by atoms with E-state index in [0.717, 1.165) is 10.2 Å². The topological polar surface area (TPSA) is 86.1 Å². The van der Waals surface area contributed by atoms with Crippen LogP contribution in [0.1, 0.15) is 19.4 Å². The van der Waals surface area contributed by atoms with E-state index in [0.29, 0.717) is 33.1 Å². The van der Waals surface area contributed by atoms with E-state index in [-0.39, 0.29) is 11.5 Å². The summed E-state index contributed by atoms with van der Waals surface area (Å²) in [6.07, 6.45) is 3.51. The van der Waals surface area contributed by atoms with Crippen molar-refractivity contribution in [3.05, 3.63) is 58.2 Å². The van der Waals surface area contributed by atoms with Crippen molar-refractivity contribution >= 4 is 55.0 Å². The predicted molar refractivity (Wildman–Crippen MR) is 115 cm³/mol. The van der Waals surface area contributed by atoms with Crippen molar-refractivity contribution in [3.8, 4) is 5.75 Å². The van der Waals surface area contributed by atoms with Gasteiger partial charge in [0.05, 0.1) is 24.6 Å². The number of amides is 1. The van der Waals surface area contributed by atoms with Crippen LogP contribution >= 0.6 is 22.9 Å². The lowest BCUT2D eigenvalue weighted by Crippen LogP contribution is -2.33. The van der Waals surface area contributed by atoms with Crippen LogP contribution in [0.3, 0.4) is 0 Å². The van der Waals surface area contributed by atoms with Gasteiger partial charge in [0.1, 0.15) is 21.3 Å². The molecule has 4 aromatic rings. The maximum absolute atomic E-state index is 13.1. The number of nitrogens with zero attached hydrogens (tertiary/aromatic N) is 3. The summed E-state index contributed by atoms with van der Waals surface area (Å²) in [5, 5.41) is 4.11. The zero-order valence-electron chi connectivity index (χ0n) is 15.7. The lowest BCUT2D eigenvalue weighted by atomic mass is 10.2. The number of thiophene rings is 1. The summed E-state index contributed by atoms with van der Waals surface area (Å²) in [6, 6.07) is 7.90. The fourth-order valence-corrected chi connectivity index (χ4v) is 4.41. The van der Waals surface area contributed by atoms with Gasteiger partial charge >= 0.3 is 0 Å². The third kappa shape index (κ3) is 3.45. The number of hydrogen-bond donors (Lipinski definition) is 1. The van der Waals surface area contributed by atoms with Crippen LogP contribution < -0.4 is 15.6 Å². The Morgan fingerprint density at radius 1 is 1.34 bits per heavy atom. The molecule has 0 fully saturated rings. The number of halogens is 1. The SMILES string of the molecule is CC[C@H](C(=O)Nc1cc(Cl)ccc1OC)n1cnc2c(sc3ncccc32)c1=O. The molecule has 0 aliphatic carbocycles. The Labute approximate surface area is 174 Å². The molecule has 3 aromatic heterocycles. The number of methoxy groups -OCH3 is 1. The van der Waals surface area contributed by atoms with Crippen molar-refractivity contribution in [1.29, 1.82) is 0 Å². The monoisotopic (exact) mass is 428 g/mol. The molecule has 148 valence electrons. The molecule has 9 heteroatoms. The van der Waals surface area contributed by atoms with Crippen LogP contribution in [0.4, 0.5) is 5.69 Å². The lowest BCUT2D eigenvalue weighted by Gasteiger charge is -2.18. The van der Waals surface area contributed by atoms with Crippen LogP contribution in [0.5, 0.6) is 5.75 Å². The largest absolute Gasteiger partial charge is 0.495 e. The Balaban J connectivity index is 1.74. The normalized spacial score (nSPS) is 12.2. The van der Waals surface area contributed by atoms with Gasteiger partial charge < -0.3 is 10.1 Å². The molecule has 29 heavy (non-hydrogen) atoms. The molecule has 0 radical (unpaired) electrons. The summed E-state index contributed by atoms with van der Waals surface area (Å²) in [7, 11) is 1.51. The summed E-state index contributed by atoms with van der Waals surface area (Å²) >= 11 is 7.32. The van der Waals surface area contributed by atoms with Crippen molar-refractivity contribution in [2.45, 2.75) is 19.4 Å². The maximum Gasteiger partial charge on any atom is 0.272 e. The summed E-state index contributed by atoms with van der Waals surface area (Å²) in [5.74, 6) is 0.129. The minimum absolute atomic E-state index is 0.266. The average molecular weight is 429 g/mol. The summed E-state index contributed by atoms with van der Waals surface area (Å²) in [5.41, 5.74) is 0.778. The van der Waals surface area contributed by atoms with Crippen LogP contribution in [-0.2, 0) is 4.79 Å². The first kappa shape index (κ1) is 19.4. The van der Waals surface area contributed by atoms with Gasteiger partial charge in [0, 0.05) is 16.6 Å². The number of rotatable bonds is 5. The van der Waals surface area contributed by atoms with Gasteiger partial charge in [-0.05, 0) is 36.8 Å². The van der Waals surface area contributed by atoms with E-state index in [1.165, 1.54) is 29.3 Å². The molecule has 0 saturated carbocycles. The van der Waals surface area contributed by atoms with Gasteiger partial charge in [0.15, 0.2) is 0 Å². The molecule has 0 bridgehead atoms. The summed E-state index contributed by atoms with van der Waals surface area (Å²) in [6.45, 7) is 1.84. The number of carbonyl (C=O) groups is 1. The number of hydrogen-bond acceptors (Lipinski definition) is 6. The second kappa shape index (κ2) is 7.81. The van der Waals surface area contributed by atoms with E-state index in [9.17, 15) is 9.59 Å². The second-order valence-corrected chi connectivity index (χ2v) is 7.79. The smallest absolute Gasteiger partial charge is 0.272 e. The standard InChI is InChI=1S/C20H17ClN4O3S/c1-3-14(18(26)24-13-9-11(21)6-7-15(13)28-2)25-10-23-16-12-5-4-8-22-19(12)29-17(16)20(25)27/h4-10,14H,3H2,1-2H3,(H,24,26)/t14-/m1/s1. The molecule has 0 unspecified atom stereocenters. The quantitative estimate of drug-likeness (QED) is 0.513. The lowest BCUT2D eigenvalue weighted by molar-refractivity contribution is -0.119. The number of anilines is 1. The number of aromatic nitrogens is 3. The summed E-state index contributed by atoms with van der Waals surface area (Å²) < 4.78 is 7.12. The van der Waals surface area contributed by atoms with Crippen molar-refractivity contribution in [1.82, 2.24) is 14.5 Å². The number of carbonyl (C=O) groups excluding carboxylic acids is 1. The minimum Gasteiger partial charge on any atom is -0.495 e. The Bertz CT molecular complexity index is 1280. The first-order valence-electron chi connectivity index (χ1n) is 8.92. The molecule has 1 aromatic carbocycles. The number of fused-ring (bicyclic) bond motifs is 3. The highest BCUT2D eigenvalue weighted by Crippen LogP contribution is 2.30. The molecule has 0 spiro atoms. The fourth-order valence-electron chi connectivity index (χ4n) is 3.21. The van der Waals surface area contributed by atoms with Gasteiger partial charge in [-0.2, -0.15) is 0 Å². The summed E-state index contributed by atoms with van der Waals surface area (Å²) in [4.78, 5) is 35.6. The van der Waals surface area contributed by atoms with Crippen LogP contribution in [0.25, 0.3) is 20.4 Å². The van der Waals surface area contributed by atoms with Crippen molar-refractivity contribution < 1.29 is 9.53 Å². The minimum atomic E-state index is -0.735. The Morgan fingerprint density at radius 2 is 2.17 bits per heavy atom. The van der Waals surface area contributed by atoms with E-state index in [4.69, 9.17) is 16.3 Å². The molecule has 7 nitrogen and oxygen atoms in total. The Kier molecular flexibility index (Phi) is 5.21. The van der Waals surface area contributed by atoms with Gasteiger partial charge in [-0.25, -0.2) is 9.97 Å². The Morgan fingerprint density at radius 3 is 2.93 bits per heavy atom. The zero-order valence-corrected chi connectivity index (χ0v) is 17.3. The van der Waals surface area contributed by atoms with Gasteiger partial charge in [0.25, 0.3) is 5.56 Å².